The molecule has 1 atom stereocenters. The Morgan fingerprint density at radius 1 is 1.12 bits per heavy atom. The minimum atomic E-state index is -3.02. The molecule has 1 aromatic carbocycles. The molecule has 0 saturated carbocycles. The van der Waals surface area contributed by atoms with Gasteiger partial charge in [-0.3, -0.25) is 4.40 Å². The van der Waals surface area contributed by atoms with Gasteiger partial charge >= 0.3 is 12.6 Å². The minimum absolute atomic E-state index is 0.00799. The molecule has 3 heterocycles. The summed E-state index contributed by atoms with van der Waals surface area (Å²) in [5.41, 5.74) is 2.61. The van der Waals surface area contributed by atoms with E-state index in [1.54, 1.807) is 31.3 Å². The van der Waals surface area contributed by atoms with Gasteiger partial charge in [-0.25, -0.2) is 9.78 Å². The predicted molar refractivity (Wildman–Crippen MR) is 162 cm³/mol. The largest absolute Gasteiger partial charge is 0.484 e. The molecule has 0 bridgehead atoms. The van der Waals surface area contributed by atoms with Crippen LogP contribution in [0.15, 0.2) is 53.3 Å². The van der Waals surface area contributed by atoms with Crippen molar-refractivity contribution in [2.45, 2.75) is 65.1 Å². The monoisotopic (exact) mass is 666 g/mol. The number of imidazole rings is 1. The summed E-state index contributed by atoms with van der Waals surface area (Å²) in [4.78, 5) is 18.1. The molecule has 0 radical (unpaired) electrons. The number of alkyl halides is 2. The number of thiophene rings is 1. The third-order valence-corrected chi connectivity index (χ3v) is 13.3. The highest BCUT2D eigenvalue weighted by molar-refractivity contribution is 9.10. The first-order chi connectivity index (χ1) is 19.2. The van der Waals surface area contributed by atoms with E-state index in [0.717, 1.165) is 20.7 Å². The predicted octanol–water partition coefficient (Wildman–Crippen LogP) is 8.88. The first-order valence-electron chi connectivity index (χ1n) is 12.9. The second kappa shape index (κ2) is 12.2. The fraction of sp³-hybridized carbons (Fsp3) is 0.379. The number of methoxy groups -OCH3 is 1. The molecule has 3 aromatic heterocycles. The van der Waals surface area contributed by atoms with Crippen molar-refractivity contribution < 1.29 is 32.2 Å². The zero-order valence-corrected chi connectivity index (χ0v) is 27.4. The summed E-state index contributed by atoms with van der Waals surface area (Å²) in [6.07, 6.45) is 2.85. The molecule has 0 fully saturated rings. The quantitative estimate of drug-likeness (QED) is 0.124. The Bertz CT molecular complexity index is 1550. The third-order valence-electron chi connectivity index (χ3n) is 7.23. The summed E-state index contributed by atoms with van der Waals surface area (Å²) in [6, 6.07) is 10.6. The molecule has 41 heavy (non-hydrogen) atoms. The van der Waals surface area contributed by atoms with Crippen molar-refractivity contribution in [2.24, 2.45) is 0 Å². The van der Waals surface area contributed by atoms with Gasteiger partial charge in [0.2, 0.25) is 0 Å². The number of carbonyl (C=O) groups is 1. The number of carbonyl (C=O) groups excluding carboxylic acids is 1. The first-order valence-corrected chi connectivity index (χ1v) is 17.5. The molecule has 4 rings (SSSR count). The highest BCUT2D eigenvalue weighted by Gasteiger charge is 2.37. The van der Waals surface area contributed by atoms with Crippen LogP contribution in [-0.4, -0.2) is 37.4 Å². The number of halogens is 3. The van der Waals surface area contributed by atoms with Gasteiger partial charge in [0.05, 0.1) is 30.5 Å². The van der Waals surface area contributed by atoms with Crippen LogP contribution in [-0.2, 0) is 15.8 Å². The molecule has 12 heteroatoms. The number of esters is 1. The Labute approximate surface area is 251 Å². The number of benzene rings is 1. The van der Waals surface area contributed by atoms with E-state index in [4.69, 9.17) is 18.6 Å². The van der Waals surface area contributed by atoms with Gasteiger partial charge in [0, 0.05) is 22.3 Å². The fourth-order valence-corrected chi connectivity index (χ4v) is 6.21. The van der Waals surface area contributed by atoms with Crippen molar-refractivity contribution in [1.29, 1.82) is 0 Å². The van der Waals surface area contributed by atoms with E-state index < -0.39 is 27.0 Å². The average Bonchev–Trinajstić information content (AvgIpc) is 3.49. The van der Waals surface area contributed by atoms with Gasteiger partial charge in [0.25, 0.3) is 0 Å². The molecule has 0 unspecified atom stereocenters. The second-order valence-electron chi connectivity index (χ2n) is 11.1. The molecule has 0 spiro atoms. The highest BCUT2D eigenvalue weighted by atomic mass is 79.9. The molecular weight excluding hydrogens is 634 g/mol. The standard InChI is InChI=1S/C29H33BrF2N2O5SSi/c1-17(20-10-8-18(12-22(20)39-28(31)32)16-37-41(6,7)29(2,3)4)38-23-13-24(40-26(23)27(35)36-5)21-14-33-25-11-9-19(30)15-34(21)25/h8-15,17,28H,16H2,1-7H3/t17-/m1/s1. The number of nitrogens with zero attached hydrogens (tertiary/aromatic N) is 2. The van der Waals surface area contributed by atoms with Crippen molar-refractivity contribution in [3.8, 4) is 22.1 Å². The molecule has 7 nitrogen and oxygen atoms in total. The molecule has 220 valence electrons. The zero-order chi connectivity index (χ0) is 30.1. The number of ether oxygens (including phenoxy) is 3. The van der Waals surface area contributed by atoms with Gasteiger partial charge in [0.15, 0.2) is 13.2 Å². The minimum Gasteiger partial charge on any atom is -0.484 e. The number of hydrogen-bond donors (Lipinski definition) is 0. The van der Waals surface area contributed by atoms with Crippen molar-refractivity contribution >= 4 is 47.2 Å². The first kappa shape index (κ1) is 31.1. The molecule has 0 amide bonds. The summed E-state index contributed by atoms with van der Waals surface area (Å²) in [6.45, 7) is 9.65. The molecule has 0 saturated heterocycles. The Morgan fingerprint density at radius 2 is 1.85 bits per heavy atom. The lowest BCUT2D eigenvalue weighted by molar-refractivity contribution is -0.0513. The number of aromatic nitrogens is 2. The molecule has 0 aliphatic heterocycles. The van der Waals surface area contributed by atoms with Gasteiger partial charge in [-0.2, -0.15) is 8.78 Å². The maximum absolute atomic E-state index is 13.4. The normalized spacial score (nSPS) is 13.0. The van der Waals surface area contributed by atoms with Crippen molar-refractivity contribution in [2.75, 3.05) is 7.11 Å². The summed E-state index contributed by atoms with van der Waals surface area (Å²) < 4.78 is 52.0. The van der Waals surface area contributed by atoms with E-state index >= 15 is 0 Å². The van der Waals surface area contributed by atoms with Crippen LogP contribution < -0.4 is 9.47 Å². The summed E-state index contributed by atoms with van der Waals surface area (Å²) in [5, 5.41) is 0.00799. The maximum atomic E-state index is 13.4. The maximum Gasteiger partial charge on any atom is 0.387 e. The van der Waals surface area contributed by atoms with Gasteiger partial charge in [0.1, 0.15) is 23.3 Å². The number of fused-ring (bicyclic) bond motifs is 1. The number of pyridine rings is 1. The van der Waals surface area contributed by atoms with Gasteiger partial charge in [-0.15, -0.1) is 11.3 Å². The van der Waals surface area contributed by atoms with Crippen LogP contribution in [0.3, 0.4) is 0 Å². The van der Waals surface area contributed by atoms with Crippen LogP contribution in [0.4, 0.5) is 8.78 Å². The smallest absolute Gasteiger partial charge is 0.387 e. The SMILES string of the molecule is COC(=O)c1sc(-c2cnc3ccc(Br)cn23)cc1O[C@H](C)c1ccc(CO[Si](C)(C)C(C)(C)C)cc1OC(F)F. The summed E-state index contributed by atoms with van der Waals surface area (Å²) >= 11 is 4.67. The second-order valence-corrected chi connectivity index (χ2v) is 17.9. The Balaban J connectivity index is 1.65. The Morgan fingerprint density at radius 3 is 2.51 bits per heavy atom. The lowest BCUT2D eigenvalue weighted by atomic mass is 10.1. The third kappa shape index (κ3) is 6.99. The fourth-order valence-electron chi connectivity index (χ4n) is 3.90. The average molecular weight is 668 g/mol. The lowest BCUT2D eigenvalue weighted by Crippen LogP contribution is -2.40. The molecule has 0 aliphatic rings. The zero-order valence-electron chi connectivity index (χ0n) is 24.0. The number of rotatable bonds is 10. The van der Waals surface area contributed by atoms with Crippen molar-refractivity contribution in [1.82, 2.24) is 9.38 Å². The van der Waals surface area contributed by atoms with E-state index in [9.17, 15) is 13.6 Å². The summed E-state index contributed by atoms with van der Waals surface area (Å²) in [7, 11) is -0.759. The molecule has 0 aliphatic carbocycles. The van der Waals surface area contributed by atoms with E-state index in [1.165, 1.54) is 18.4 Å². The van der Waals surface area contributed by atoms with E-state index in [1.807, 2.05) is 28.8 Å². The number of hydrogen-bond acceptors (Lipinski definition) is 7. The van der Waals surface area contributed by atoms with Crippen molar-refractivity contribution in [3.05, 3.63) is 69.3 Å². The molecule has 4 aromatic rings. The van der Waals surface area contributed by atoms with Crippen LogP contribution in [0.1, 0.15) is 54.6 Å². The topological polar surface area (TPSA) is 71.3 Å². The van der Waals surface area contributed by atoms with Gasteiger partial charge in [-0.1, -0.05) is 32.9 Å². The Kier molecular flexibility index (Phi) is 9.27. The van der Waals surface area contributed by atoms with E-state index in [-0.39, 0.29) is 28.0 Å². The van der Waals surface area contributed by atoms with E-state index in [0.29, 0.717) is 11.1 Å². The molecular formula is C29H33BrF2N2O5SSi. The van der Waals surface area contributed by atoms with Crippen LogP contribution in [0.5, 0.6) is 11.5 Å². The van der Waals surface area contributed by atoms with Crippen LogP contribution in [0.2, 0.25) is 18.1 Å². The van der Waals surface area contributed by atoms with Gasteiger partial charge in [-0.05, 0) is 64.7 Å². The van der Waals surface area contributed by atoms with E-state index in [2.05, 4.69) is 54.8 Å². The lowest BCUT2D eigenvalue weighted by Gasteiger charge is -2.36. The Hall–Kier alpha value is -2.80. The van der Waals surface area contributed by atoms with Crippen molar-refractivity contribution in [3.63, 3.8) is 0 Å². The van der Waals surface area contributed by atoms with Crippen LogP contribution in [0.25, 0.3) is 16.2 Å². The van der Waals surface area contributed by atoms with Gasteiger partial charge < -0.3 is 18.6 Å². The highest BCUT2D eigenvalue weighted by Crippen LogP contribution is 2.41. The van der Waals surface area contributed by atoms with Crippen LogP contribution >= 0.6 is 27.3 Å². The molecule has 0 N–H and O–H groups in total. The summed E-state index contributed by atoms with van der Waals surface area (Å²) in [5.74, 6) is -0.311. The van der Waals surface area contributed by atoms with Crippen LogP contribution in [0, 0.1) is 0 Å².